The lowest BCUT2D eigenvalue weighted by Crippen LogP contribution is -2.45. The number of hydrogen-bond donors (Lipinski definition) is 1. The zero-order valence-electron chi connectivity index (χ0n) is 13.1. The van der Waals surface area contributed by atoms with Crippen LogP contribution in [0.4, 0.5) is 9.18 Å². The maximum Gasteiger partial charge on any atom is 0.342 e. The highest BCUT2D eigenvalue weighted by Gasteiger charge is 2.35. The van der Waals surface area contributed by atoms with E-state index < -0.39 is 22.2 Å². The second-order valence-electron chi connectivity index (χ2n) is 5.60. The molecule has 0 aliphatic carbocycles. The lowest BCUT2D eigenvalue weighted by atomic mass is 10.00. The number of carbonyl (C=O) groups is 1. The number of piperidine rings is 1. The van der Waals surface area contributed by atoms with Crippen LogP contribution in [0.3, 0.4) is 0 Å². The van der Waals surface area contributed by atoms with E-state index in [2.05, 4.69) is 5.32 Å². The van der Waals surface area contributed by atoms with Crippen molar-refractivity contribution in [1.82, 2.24) is 14.5 Å². The van der Waals surface area contributed by atoms with Crippen molar-refractivity contribution < 1.29 is 17.6 Å². The SMILES string of the molecule is CN1C(=O)N(S(=O)(=O)c2ccccc2)C=C/C1=C1/CCNCC1F. The summed E-state index contributed by atoms with van der Waals surface area (Å²) in [6.07, 6.45) is 1.96. The van der Waals surface area contributed by atoms with Crippen LogP contribution in [0.15, 0.2) is 58.8 Å². The first-order valence-electron chi connectivity index (χ1n) is 7.56. The highest BCUT2D eigenvalue weighted by Crippen LogP contribution is 2.28. The van der Waals surface area contributed by atoms with Crippen molar-refractivity contribution >= 4 is 16.1 Å². The summed E-state index contributed by atoms with van der Waals surface area (Å²) < 4.78 is 40.0. The van der Waals surface area contributed by atoms with Crippen molar-refractivity contribution in [2.75, 3.05) is 20.1 Å². The quantitative estimate of drug-likeness (QED) is 0.883. The number of halogens is 1. The highest BCUT2D eigenvalue weighted by atomic mass is 32.2. The van der Waals surface area contributed by atoms with Crippen LogP contribution in [0, 0.1) is 0 Å². The number of carbonyl (C=O) groups excluding carboxylic acids is 1. The summed E-state index contributed by atoms with van der Waals surface area (Å²) in [4.78, 5) is 13.8. The van der Waals surface area contributed by atoms with Crippen LogP contribution in [-0.2, 0) is 10.0 Å². The molecule has 1 aromatic carbocycles. The van der Waals surface area contributed by atoms with Crippen LogP contribution >= 0.6 is 0 Å². The number of sulfonamides is 1. The van der Waals surface area contributed by atoms with Crippen LogP contribution in [0.25, 0.3) is 0 Å². The van der Waals surface area contributed by atoms with E-state index in [1.54, 1.807) is 18.2 Å². The van der Waals surface area contributed by atoms with Crippen LogP contribution < -0.4 is 5.32 Å². The molecule has 2 aliphatic rings. The van der Waals surface area contributed by atoms with Crippen molar-refractivity contribution in [3.63, 3.8) is 0 Å². The Labute approximate surface area is 140 Å². The molecule has 2 amide bonds. The third-order valence-electron chi connectivity index (χ3n) is 4.11. The summed E-state index contributed by atoms with van der Waals surface area (Å²) in [7, 11) is -2.53. The zero-order chi connectivity index (χ0) is 17.3. The van der Waals surface area contributed by atoms with Gasteiger partial charge >= 0.3 is 6.03 Å². The van der Waals surface area contributed by atoms with Crippen molar-refractivity contribution in [3.8, 4) is 0 Å². The van der Waals surface area contributed by atoms with Crippen molar-refractivity contribution in [3.05, 3.63) is 53.9 Å². The summed E-state index contributed by atoms with van der Waals surface area (Å²) in [5, 5.41) is 2.94. The van der Waals surface area contributed by atoms with E-state index >= 15 is 0 Å². The monoisotopic (exact) mass is 351 g/mol. The van der Waals surface area contributed by atoms with Gasteiger partial charge in [0.05, 0.1) is 4.90 Å². The molecular weight excluding hydrogens is 333 g/mol. The molecule has 2 heterocycles. The molecule has 6 nitrogen and oxygen atoms in total. The van der Waals surface area contributed by atoms with Crippen LogP contribution in [0.2, 0.25) is 0 Å². The molecule has 0 radical (unpaired) electrons. The number of amides is 2. The summed E-state index contributed by atoms with van der Waals surface area (Å²) >= 11 is 0. The molecule has 1 atom stereocenters. The summed E-state index contributed by atoms with van der Waals surface area (Å²) in [5.41, 5.74) is 0.936. The van der Waals surface area contributed by atoms with Gasteiger partial charge in [0, 0.05) is 25.5 Å². The van der Waals surface area contributed by atoms with Gasteiger partial charge in [0.15, 0.2) is 0 Å². The molecule has 2 aliphatic heterocycles. The predicted octanol–water partition coefficient (Wildman–Crippen LogP) is 1.84. The molecule has 1 saturated heterocycles. The van der Waals surface area contributed by atoms with Crippen LogP contribution in [-0.4, -0.2) is 50.0 Å². The topological polar surface area (TPSA) is 69.7 Å². The predicted molar refractivity (Wildman–Crippen MR) is 87.2 cm³/mol. The van der Waals surface area contributed by atoms with Gasteiger partial charge in [-0.05, 0) is 36.7 Å². The largest absolute Gasteiger partial charge is 0.342 e. The fourth-order valence-corrected chi connectivity index (χ4v) is 4.07. The van der Waals surface area contributed by atoms with E-state index in [0.29, 0.717) is 28.5 Å². The lowest BCUT2D eigenvalue weighted by Gasteiger charge is -2.33. The normalized spacial score (nSPS) is 25.2. The molecule has 128 valence electrons. The number of nitrogens with zero attached hydrogens (tertiary/aromatic N) is 2. The van der Waals surface area contributed by atoms with Gasteiger partial charge in [-0.25, -0.2) is 17.6 Å². The van der Waals surface area contributed by atoms with Crippen LogP contribution in [0.5, 0.6) is 0 Å². The number of urea groups is 1. The molecule has 3 rings (SSSR count). The Kier molecular flexibility index (Phi) is 4.42. The number of allylic oxidation sites excluding steroid dienone is 1. The molecule has 0 spiro atoms. The van der Waals surface area contributed by atoms with Gasteiger partial charge in [0.1, 0.15) is 6.17 Å². The van der Waals surface area contributed by atoms with Crippen LogP contribution in [0.1, 0.15) is 6.42 Å². The Hall–Kier alpha value is -2.19. The van der Waals surface area contributed by atoms with E-state index in [4.69, 9.17) is 0 Å². The molecule has 1 unspecified atom stereocenters. The maximum absolute atomic E-state index is 14.1. The number of nitrogens with one attached hydrogen (secondary N) is 1. The first kappa shape index (κ1) is 16.7. The number of likely N-dealkylation sites (N-methyl/N-ethyl adjacent to an activating group) is 1. The summed E-state index contributed by atoms with van der Waals surface area (Å²) in [5.74, 6) is 0. The first-order valence-corrected chi connectivity index (χ1v) is 9.00. The van der Waals surface area contributed by atoms with E-state index in [-0.39, 0.29) is 11.4 Å². The fourth-order valence-electron chi connectivity index (χ4n) is 2.80. The Morgan fingerprint density at radius 3 is 2.62 bits per heavy atom. The van der Waals surface area contributed by atoms with E-state index in [0.717, 1.165) is 0 Å². The Balaban J connectivity index is 1.99. The van der Waals surface area contributed by atoms with Gasteiger partial charge in [-0.1, -0.05) is 18.2 Å². The fraction of sp³-hybridized carbons (Fsp3) is 0.312. The molecule has 24 heavy (non-hydrogen) atoms. The number of alkyl halides is 1. The standard InChI is InChI=1S/C16H18FN3O3S/c1-19-15(13-7-9-18-11-14(13)17)8-10-20(16(19)21)24(22,23)12-5-3-2-4-6-12/h2-6,8,10,14,18H,7,9,11H2,1H3/b15-13+. The number of hydrogen-bond acceptors (Lipinski definition) is 4. The Bertz CT molecular complexity index is 805. The molecule has 1 fully saturated rings. The van der Waals surface area contributed by atoms with E-state index in [1.165, 1.54) is 36.4 Å². The maximum atomic E-state index is 14.1. The molecule has 1 aromatic rings. The van der Waals surface area contributed by atoms with Gasteiger partial charge < -0.3 is 5.32 Å². The van der Waals surface area contributed by atoms with Gasteiger partial charge in [0.2, 0.25) is 0 Å². The second-order valence-corrected chi connectivity index (χ2v) is 7.42. The highest BCUT2D eigenvalue weighted by molar-refractivity contribution is 7.89. The van der Waals surface area contributed by atoms with E-state index in [1.807, 2.05) is 0 Å². The second kappa shape index (κ2) is 6.37. The van der Waals surface area contributed by atoms with Crippen molar-refractivity contribution in [1.29, 1.82) is 0 Å². The molecule has 0 bridgehead atoms. The molecule has 0 saturated carbocycles. The number of benzene rings is 1. The minimum atomic E-state index is -3.99. The zero-order valence-corrected chi connectivity index (χ0v) is 14.0. The smallest absolute Gasteiger partial charge is 0.313 e. The van der Waals surface area contributed by atoms with Gasteiger partial charge in [-0.2, -0.15) is 4.31 Å². The van der Waals surface area contributed by atoms with Crippen molar-refractivity contribution in [2.24, 2.45) is 0 Å². The molecule has 1 N–H and O–H groups in total. The molecule has 8 heteroatoms. The average Bonchev–Trinajstić information content (AvgIpc) is 2.59. The minimum absolute atomic E-state index is 0.0257. The van der Waals surface area contributed by atoms with E-state index in [9.17, 15) is 17.6 Å². The molecule has 0 aromatic heterocycles. The lowest BCUT2D eigenvalue weighted by molar-refractivity contribution is 0.204. The summed E-state index contributed by atoms with van der Waals surface area (Å²) in [6.45, 7) is 0.821. The van der Waals surface area contributed by atoms with Gasteiger partial charge in [-0.3, -0.25) is 4.90 Å². The average molecular weight is 351 g/mol. The first-order chi connectivity index (χ1) is 11.4. The third kappa shape index (κ3) is 2.83. The van der Waals surface area contributed by atoms with Gasteiger partial charge in [-0.15, -0.1) is 0 Å². The Morgan fingerprint density at radius 1 is 1.25 bits per heavy atom. The minimum Gasteiger partial charge on any atom is -0.313 e. The Morgan fingerprint density at radius 2 is 1.96 bits per heavy atom. The van der Waals surface area contributed by atoms with Crippen molar-refractivity contribution in [2.45, 2.75) is 17.5 Å². The number of rotatable bonds is 2. The molecular formula is C16H18FN3O3S. The summed E-state index contributed by atoms with van der Waals surface area (Å²) in [6, 6.07) is 6.99. The third-order valence-corrected chi connectivity index (χ3v) is 5.77. The van der Waals surface area contributed by atoms with Gasteiger partial charge in [0.25, 0.3) is 10.0 Å².